The molecule has 0 atom stereocenters. The average molecular weight is 219 g/mol. The van der Waals surface area contributed by atoms with Crippen molar-refractivity contribution in [2.75, 3.05) is 0 Å². The normalized spacial score (nSPS) is 10.5. The summed E-state index contributed by atoms with van der Waals surface area (Å²) >= 11 is 1.72. The van der Waals surface area contributed by atoms with Crippen molar-refractivity contribution < 1.29 is 0 Å². The van der Waals surface area contributed by atoms with E-state index in [1.165, 1.54) is 0 Å². The summed E-state index contributed by atoms with van der Waals surface area (Å²) in [4.78, 5) is 8.58. The molecule has 0 bridgehead atoms. The van der Waals surface area contributed by atoms with Crippen molar-refractivity contribution in [3.8, 4) is 0 Å². The van der Waals surface area contributed by atoms with Crippen LogP contribution in [-0.4, -0.2) is 14.5 Å². The Hall–Kier alpha value is -1.29. The molecule has 0 unspecified atom stereocenters. The van der Waals surface area contributed by atoms with Gasteiger partial charge in [-0.3, -0.25) is 4.98 Å². The Morgan fingerprint density at radius 1 is 1.27 bits per heavy atom. The minimum atomic E-state index is 0.873. The van der Waals surface area contributed by atoms with Gasteiger partial charge in [-0.2, -0.15) is 0 Å². The Labute approximate surface area is 93.6 Å². The Balaban J connectivity index is 1.99. The molecule has 4 heteroatoms. The van der Waals surface area contributed by atoms with E-state index in [1.54, 1.807) is 11.8 Å². The first-order valence-corrected chi connectivity index (χ1v) is 5.92. The van der Waals surface area contributed by atoms with Gasteiger partial charge in [0.2, 0.25) is 0 Å². The summed E-state index contributed by atoms with van der Waals surface area (Å²) in [5.74, 6) is 0.873. The summed E-state index contributed by atoms with van der Waals surface area (Å²) in [7, 11) is 0. The predicted molar refractivity (Wildman–Crippen MR) is 61.7 cm³/mol. The minimum absolute atomic E-state index is 0.873. The number of imidazole rings is 1. The lowest BCUT2D eigenvalue weighted by Crippen LogP contribution is -1.95. The highest BCUT2D eigenvalue weighted by atomic mass is 32.2. The third kappa shape index (κ3) is 2.59. The smallest absolute Gasteiger partial charge is 0.168 e. The van der Waals surface area contributed by atoms with Crippen molar-refractivity contribution >= 4 is 11.8 Å². The number of rotatable bonds is 4. The molecule has 0 amide bonds. The molecule has 2 aromatic heterocycles. The highest BCUT2D eigenvalue weighted by Crippen LogP contribution is 2.19. The average Bonchev–Trinajstić information content (AvgIpc) is 2.75. The van der Waals surface area contributed by atoms with Crippen molar-refractivity contribution in [3.63, 3.8) is 0 Å². The van der Waals surface area contributed by atoms with Crippen LogP contribution < -0.4 is 0 Å². The Morgan fingerprint density at radius 2 is 2.20 bits per heavy atom. The van der Waals surface area contributed by atoms with Gasteiger partial charge in [0.05, 0.1) is 5.69 Å². The lowest BCUT2D eigenvalue weighted by atomic mass is 10.4. The quantitative estimate of drug-likeness (QED) is 0.740. The maximum absolute atomic E-state index is 4.30. The fourth-order valence-corrected chi connectivity index (χ4v) is 2.24. The molecule has 0 radical (unpaired) electrons. The summed E-state index contributed by atoms with van der Waals surface area (Å²) in [5.41, 5.74) is 1.09. The molecule has 15 heavy (non-hydrogen) atoms. The summed E-state index contributed by atoms with van der Waals surface area (Å²) < 4.78 is 2.13. The van der Waals surface area contributed by atoms with Gasteiger partial charge in [0.25, 0.3) is 0 Å². The first kappa shape index (κ1) is 10.2. The van der Waals surface area contributed by atoms with Gasteiger partial charge < -0.3 is 4.57 Å². The van der Waals surface area contributed by atoms with Gasteiger partial charge >= 0.3 is 0 Å². The van der Waals surface area contributed by atoms with E-state index in [9.17, 15) is 0 Å². The van der Waals surface area contributed by atoms with E-state index < -0.39 is 0 Å². The van der Waals surface area contributed by atoms with Gasteiger partial charge in [-0.25, -0.2) is 4.98 Å². The van der Waals surface area contributed by atoms with Crippen LogP contribution in [0, 0.1) is 0 Å². The van der Waals surface area contributed by atoms with Crippen LogP contribution in [0.25, 0.3) is 0 Å². The van der Waals surface area contributed by atoms with E-state index in [0.29, 0.717) is 0 Å². The van der Waals surface area contributed by atoms with Crippen LogP contribution in [0.15, 0.2) is 41.9 Å². The van der Waals surface area contributed by atoms with Crippen LogP contribution in [0.2, 0.25) is 0 Å². The molecule has 2 rings (SSSR count). The number of aromatic nitrogens is 3. The van der Waals surface area contributed by atoms with E-state index >= 15 is 0 Å². The van der Waals surface area contributed by atoms with Gasteiger partial charge in [-0.15, -0.1) is 0 Å². The molecule has 0 saturated carbocycles. The lowest BCUT2D eigenvalue weighted by Gasteiger charge is -2.03. The first-order chi connectivity index (χ1) is 7.40. The van der Waals surface area contributed by atoms with Crippen LogP contribution in [0.5, 0.6) is 0 Å². The van der Waals surface area contributed by atoms with Gasteiger partial charge in [0.1, 0.15) is 0 Å². The Morgan fingerprint density at radius 3 is 2.93 bits per heavy atom. The van der Waals surface area contributed by atoms with Crippen molar-refractivity contribution in [2.24, 2.45) is 0 Å². The van der Waals surface area contributed by atoms with E-state index in [4.69, 9.17) is 0 Å². The van der Waals surface area contributed by atoms with Crippen LogP contribution in [0.1, 0.15) is 12.6 Å². The summed E-state index contributed by atoms with van der Waals surface area (Å²) in [5, 5.41) is 1.06. The molecule has 0 aliphatic carbocycles. The van der Waals surface area contributed by atoms with Crippen LogP contribution >= 0.6 is 11.8 Å². The molecule has 2 heterocycles. The van der Waals surface area contributed by atoms with E-state index in [0.717, 1.165) is 23.1 Å². The van der Waals surface area contributed by atoms with Crippen molar-refractivity contribution in [1.82, 2.24) is 14.5 Å². The molecule has 0 aromatic carbocycles. The SMILES string of the molecule is CCn1ccnc1SCc1ccccn1. The number of aryl methyl sites for hydroxylation is 1. The fourth-order valence-electron chi connectivity index (χ4n) is 1.30. The maximum Gasteiger partial charge on any atom is 0.168 e. The fraction of sp³-hybridized carbons (Fsp3) is 0.273. The molecule has 0 aliphatic rings. The van der Waals surface area contributed by atoms with E-state index in [2.05, 4.69) is 21.5 Å². The summed E-state index contributed by atoms with van der Waals surface area (Å²) in [6, 6.07) is 5.97. The van der Waals surface area contributed by atoms with E-state index in [-0.39, 0.29) is 0 Å². The molecule has 78 valence electrons. The molecule has 3 nitrogen and oxygen atoms in total. The van der Waals surface area contributed by atoms with Gasteiger partial charge in [-0.05, 0) is 19.1 Å². The van der Waals surface area contributed by atoms with Crippen molar-refractivity contribution in [1.29, 1.82) is 0 Å². The Bertz CT molecular complexity index is 411. The summed E-state index contributed by atoms with van der Waals surface area (Å²) in [6.45, 7) is 3.08. The molecule has 0 saturated heterocycles. The Kier molecular flexibility index (Phi) is 3.40. The predicted octanol–water partition coefficient (Wildman–Crippen LogP) is 2.59. The molecule has 0 spiro atoms. The van der Waals surface area contributed by atoms with Gasteiger partial charge in [0.15, 0.2) is 5.16 Å². The molecule has 2 aromatic rings. The van der Waals surface area contributed by atoms with Crippen molar-refractivity contribution in [3.05, 3.63) is 42.5 Å². The maximum atomic E-state index is 4.30. The number of pyridine rings is 1. The highest BCUT2D eigenvalue weighted by molar-refractivity contribution is 7.98. The minimum Gasteiger partial charge on any atom is -0.326 e. The van der Waals surface area contributed by atoms with Crippen molar-refractivity contribution in [2.45, 2.75) is 24.4 Å². The van der Waals surface area contributed by atoms with E-state index in [1.807, 2.05) is 36.8 Å². The monoisotopic (exact) mass is 219 g/mol. The molecular weight excluding hydrogens is 206 g/mol. The number of nitrogens with zero attached hydrogens (tertiary/aromatic N) is 3. The van der Waals surface area contributed by atoms with Gasteiger partial charge in [-0.1, -0.05) is 17.8 Å². The number of hydrogen-bond donors (Lipinski definition) is 0. The van der Waals surface area contributed by atoms with Crippen LogP contribution in [0.3, 0.4) is 0 Å². The second-order valence-corrected chi connectivity index (χ2v) is 4.05. The standard InChI is InChI=1S/C11H13N3S/c1-2-14-8-7-13-11(14)15-9-10-5-3-4-6-12-10/h3-8H,2,9H2,1H3. The number of hydrogen-bond acceptors (Lipinski definition) is 3. The van der Waals surface area contributed by atoms with Gasteiger partial charge in [0, 0.05) is 30.9 Å². The number of thioether (sulfide) groups is 1. The topological polar surface area (TPSA) is 30.7 Å². The lowest BCUT2D eigenvalue weighted by molar-refractivity contribution is 0.681. The molecule has 0 N–H and O–H groups in total. The molecule has 0 fully saturated rings. The van der Waals surface area contributed by atoms with Crippen LogP contribution in [0.4, 0.5) is 0 Å². The molecule has 0 aliphatic heterocycles. The first-order valence-electron chi connectivity index (χ1n) is 4.94. The second-order valence-electron chi connectivity index (χ2n) is 3.11. The zero-order chi connectivity index (χ0) is 10.5. The largest absolute Gasteiger partial charge is 0.326 e. The highest BCUT2D eigenvalue weighted by Gasteiger charge is 2.02. The second kappa shape index (κ2) is 4.98. The zero-order valence-corrected chi connectivity index (χ0v) is 9.44. The summed E-state index contributed by atoms with van der Waals surface area (Å²) in [6.07, 6.45) is 5.66. The third-order valence-corrected chi connectivity index (χ3v) is 3.13. The molecular formula is C11H13N3S. The zero-order valence-electron chi connectivity index (χ0n) is 8.63. The van der Waals surface area contributed by atoms with Crippen LogP contribution in [-0.2, 0) is 12.3 Å². The third-order valence-electron chi connectivity index (χ3n) is 2.09.